The first-order valence-electron chi connectivity index (χ1n) is 9.07. The average molecular weight is 429 g/mol. The number of nitrogens with zero attached hydrogens (tertiary/aromatic N) is 2. The van der Waals surface area contributed by atoms with E-state index in [4.69, 9.17) is 0 Å². The fraction of sp³-hybridized carbons (Fsp3) is 0.474. The third-order valence-electron chi connectivity index (χ3n) is 5.02. The van der Waals surface area contributed by atoms with E-state index in [2.05, 4.69) is 38.0 Å². The molecule has 4 rings (SSSR count). The maximum absolute atomic E-state index is 12.5. The normalized spacial score (nSPS) is 21.4. The second-order valence-electron chi connectivity index (χ2n) is 6.79. The first-order chi connectivity index (χ1) is 12.3. The number of hydrogen-bond donors (Lipinski definition) is 2. The van der Waals surface area contributed by atoms with Gasteiger partial charge in [0.15, 0.2) is 5.13 Å². The van der Waals surface area contributed by atoms with Crippen LogP contribution in [0.25, 0.3) is 0 Å². The van der Waals surface area contributed by atoms with E-state index < -0.39 is 0 Å². The summed E-state index contributed by atoms with van der Waals surface area (Å²) in [5, 5.41) is 9.64. The number of benzene rings is 1. The molecule has 2 saturated heterocycles. The number of amides is 1. The molecule has 8 heteroatoms. The highest BCUT2D eigenvalue weighted by molar-refractivity contribution is 7.13. The molecule has 0 unspecified atom stereocenters. The maximum Gasteiger partial charge on any atom is 0.237 e. The zero-order valence-corrected chi connectivity index (χ0v) is 17.5. The molecule has 2 aliphatic rings. The second kappa shape index (κ2) is 10.3. The predicted octanol–water partition coefficient (Wildman–Crippen LogP) is 3.70. The molecule has 2 aromatic rings. The number of hydrogen-bond acceptors (Lipinski definition) is 5. The summed E-state index contributed by atoms with van der Waals surface area (Å²) >= 11 is 1.68. The number of carbonyl (C=O) groups is 1. The molecular weight excluding hydrogens is 403 g/mol. The van der Waals surface area contributed by atoms with Crippen molar-refractivity contribution in [3.8, 4) is 0 Å². The third kappa shape index (κ3) is 5.35. The molecule has 1 amide bonds. The van der Waals surface area contributed by atoms with Crippen molar-refractivity contribution in [3.63, 3.8) is 0 Å². The van der Waals surface area contributed by atoms with Crippen molar-refractivity contribution in [3.05, 3.63) is 47.0 Å². The number of thiazole rings is 1. The highest BCUT2D eigenvalue weighted by Crippen LogP contribution is 2.27. The molecule has 0 spiro atoms. The van der Waals surface area contributed by atoms with Gasteiger partial charge in [-0.1, -0.05) is 30.3 Å². The Morgan fingerprint density at radius 2 is 1.93 bits per heavy atom. The van der Waals surface area contributed by atoms with Crippen molar-refractivity contribution >= 4 is 47.2 Å². The highest BCUT2D eigenvalue weighted by atomic mass is 35.5. The molecule has 27 heavy (non-hydrogen) atoms. The summed E-state index contributed by atoms with van der Waals surface area (Å²) in [4.78, 5) is 19.4. The minimum Gasteiger partial charge on any atom is -0.349 e. The van der Waals surface area contributed by atoms with Crippen LogP contribution in [-0.4, -0.2) is 30.0 Å². The Morgan fingerprint density at radius 1 is 1.19 bits per heavy atom. The van der Waals surface area contributed by atoms with E-state index >= 15 is 0 Å². The molecule has 3 heterocycles. The van der Waals surface area contributed by atoms with Crippen molar-refractivity contribution in [2.75, 3.05) is 18.0 Å². The number of halogens is 2. The van der Waals surface area contributed by atoms with Gasteiger partial charge in [-0.25, -0.2) is 4.98 Å². The standard InChI is InChI=1S/C19H24N4OS.2ClH/c24-18(17-9-8-16(22-17)14-6-2-1-3-7-14)20-12-15-13-25-19(21-15)23-10-4-5-11-23;;/h1-3,6-7,13,16-17,22H,4-5,8-12H2,(H,20,24);2*1H/t16-,17-;;/m1../s1. The van der Waals surface area contributed by atoms with Crippen LogP contribution in [0.5, 0.6) is 0 Å². The van der Waals surface area contributed by atoms with Gasteiger partial charge in [0, 0.05) is 24.5 Å². The van der Waals surface area contributed by atoms with Gasteiger partial charge >= 0.3 is 0 Å². The van der Waals surface area contributed by atoms with E-state index in [1.807, 2.05) is 18.2 Å². The smallest absolute Gasteiger partial charge is 0.237 e. The van der Waals surface area contributed by atoms with Gasteiger partial charge in [0.25, 0.3) is 0 Å². The fourth-order valence-electron chi connectivity index (χ4n) is 3.63. The van der Waals surface area contributed by atoms with E-state index in [1.54, 1.807) is 11.3 Å². The molecule has 1 aromatic carbocycles. The van der Waals surface area contributed by atoms with Crippen LogP contribution < -0.4 is 15.5 Å². The van der Waals surface area contributed by atoms with Gasteiger partial charge in [0.05, 0.1) is 18.3 Å². The Morgan fingerprint density at radius 3 is 2.67 bits per heavy atom. The van der Waals surface area contributed by atoms with Crippen molar-refractivity contribution in [2.24, 2.45) is 0 Å². The second-order valence-corrected chi connectivity index (χ2v) is 7.63. The molecule has 1 aromatic heterocycles. The van der Waals surface area contributed by atoms with Crippen LogP contribution in [-0.2, 0) is 11.3 Å². The lowest BCUT2D eigenvalue weighted by molar-refractivity contribution is -0.123. The van der Waals surface area contributed by atoms with Crippen LogP contribution in [0.2, 0.25) is 0 Å². The monoisotopic (exact) mass is 428 g/mol. The lowest BCUT2D eigenvalue weighted by atomic mass is 10.1. The molecule has 0 saturated carbocycles. The Labute approximate surface area is 176 Å². The van der Waals surface area contributed by atoms with E-state index in [1.165, 1.54) is 18.4 Å². The first kappa shape index (κ1) is 22.0. The number of aromatic nitrogens is 1. The zero-order valence-electron chi connectivity index (χ0n) is 15.1. The van der Waals surface area contributed by atoms with Gasteiger partial charge < -0.3 is 10.2 Å². The van der Waals surface area contributed by atoms with Gasteiger partial charge in [-0.15, -0.1) is 36.2 Å². The Hall–Kier alpha value is -1.34. The predicted molar refractivity (Wildman–Crippen MR) is 115 cm³/mol. The van der Waals surface area contributed by atoms with Gasteiger partial charge in [-0.05, 0) is 31.2 Å². The summed E-state index contributed by atoms with van der Waals surface area (Å²) in [6, 6.07) is 10.5. The SMILES string of the molecule is Cl.Cl.O=C(NCc1csc(N2CCCC2)n1)[C@H]1CC[C@H](c2ccccc2)N1. The van der Waals surface area contributed by atoms with Crippen LogP contribution in [0.1, 0.15) is 43.0 Å². The summed E-state index contributed by atoms with van der Waals surface area (Å²) in [5.41, 5.74) is 2.21. The van der Waals surface area contributed by atoms with Crippen LogP contribution in [0.15, 0.2) is 35.7 Å². The molecule has 0 bridgehead atoms. The summed E-state index contributed by atoms with van der Waals surface area (Å²) in [5.74, 6) is 0.0779. The molecule has 2 N–H and O–H groups in total. The van der Waals surface area contributed by atoms with Crippen molar-refractivity contribution < 1.29 is 4.79 Å². The molecular formula is C19H26Cl2N4OS. The largest absolute Gasteiger partial charge is 0.349 e. The average Bonchev–Trinajstić information content (AvgIpc) is 3.41. The van der Waals surface area contributed by atoms with Gasteiger partial charge in [0.1, 0.15) is 0 Å². The summed E-state index contributed by atoms with van der Waals surface area (Å²) < 4.78 is 0. The van der Waals surface area contributed by atoms with Gasteiger partial charge in [0.2, 0.25) is 5.91 Å². The highest BCUT2D eigenvalue weighted by Gasteiger charge is 2.29. The molecule has 0 radical (unpaired) electrons. The molecule has 0 aliphatic carbocycles. The Balaban J connectivity index is 0.00000131. The van der Waals surface area contributed by atoms with Crippen LogP contribution in [0.4, 0.5) is 5.13 Å². The topological polar surface area (TPSA) is 57.3 Å². The lowest BCUT2D eigenvalue weighted by Crippen LogP contribution is -2.40. The van der Waals surface area contributed by atoms with E-state index in [9.17, 15) is 4.79 Å². The van der Waals surface area contributed by atoms with Crippen molar-refractivity contribution in [1.82, 2.24) is 15.6 Å². The first-order valence-corrected chi connectivity index (χ1v) is 9.95. The number of rotatable bonds is 5. The summed E-state index contributed by atoms with van der Waals surface area (Å²) in [6.45, 7) is 2.72. The number of nitrogens with one attached hydrogen (secondary N) is 2. The molecule has 2 aliphatic heterocycles. The lowest BCUT2D eigenvalue weighted by Gasteiger charge is -2.14. The van der Waals surface area contributed by atoms with Crippen LogP contribution in [0, 0.1) is 0 Å². The molecule has 2 atom stereocenters. The third-order valence-corrected chi connectivity index (χ3v) is 5.97. The van der Waals surface area contributed by atoms with Gasteiger partial charge in [-0.3, -0.25) is 10.1 Å². The van der Waals surface area contributed by atoms with Crippen molar-refractivity contribution in [1.29, 1.82) is 0 Å². The van der Waals surface area contributed by atoms with Gasteiger partial charge in [-0.2, -0.15) is 0 Å². The molecule has 2 fully saturated rings. The molecule has 5 nitrogen and oxygen atoms in total. The summed E-state index contributed by atoms with van der Waals surface area (Å²) in [6.07, 6.45) is 4.38. The quantitative estimate of drug-likeness (QED) is 0.761. The number of anilines is 1. The Bertz CT molecular complexity index is 722. The van der Waals surface area contributed by atoms with Crippen molar-refractivity contribution in [2.45, 2.75) is 44.3 Å². The van der Waals surface area contributed by atoms with E-state index in [-0.39, 0.29) is 42.8 Å². The summed E-state index contributed by atoms with van der Waals surface area (Å²) in [7, 11) is 0. The minimum absolute atomic E-state index is 0. The zero-order chi connectivity index (χ0) is 17.1. The van der Waals surface area contributed by atoms with E-state index in [0.29, 0.717) is 6.54 Å². The fourth-order valence-corrected chi connectivity index (χ4v) is 4.51. The van der Waals surface area contributed by atoms with Crippen LogP contribution >= 0.6 is 36.2 Å². The number of carbonyl (C=O) groups excluding carboxylic acids is 1. The molecule has 148 valence electrons. The Kier molecular flexibility index (Phi) is 8.35. The van der Waals surface area contributed by atoms with E-state index in [0.717, 1.165) is 36.8 Å². The maximum atomic E-state index is 12.5. The minimum atomic E-state index is -0.109. The van der Waals surface area contributed by atoms with Crippen LogP contribution in [0.3, 0.4) is 0 Å².